The molecule has 6 rings (SSSR count). The largest absolute Gasteiger partial charge is 0.378 e. The third-order valence-electron chi connectivity index (χ3n) is 7.23. The molecule has 2 saturated heterocycles. The molecule has 2 aromatic carbocycles. The molecule has 0 bridgehead atoms. The van der Waals surface area contributed by atoms with Crippen LogP contribution in [0.5, 0.6) is 0 Å². The van der Waals surface area contributed by atoms with E-state index >= 15 is 0 Å². The summed E-state index contributed by atoms with van der Waals surface area (Å²) in [4.78, 5) is 57.3. The summed E-state index contributed by atoms with van der Waals surface area (Å²) >= 11 is 8.41. The number of imide groups is 1. The summed E-state index contributed by atoms with van der Waals surface area (Å²) in [7, 11) is 0. The molecule has 0 N–H and O–H groups in total. The lowest BCUT2D eigenvalue weighted by molar-refractivity contribution is -0.136. The van der Waals surface area contributed by atoms with E-state index in [9.17, 15) is 19.2 Å². The topological polar surface area (TPSA) is 88.9 Å². The molecule has 3 aliphatic rings. The van der Waals surface area contributed by atoms with Gasteiger partial charge in [0.15, 0.2) is 0 Å². The van der Waals surface area contributed by atoms with E-state index in [2.05, 4.69) is 0 Å². The molecule has 0 spiro atoms. The van der Waals surface area contributed by atoms with Crippen molar-refractivity contribution in [3.8, 4) is 0 Å². The number of aromatic nitrogens is 1. The molecule has 0 saturated carbocycles. The van der Waals surface area contributed by atoms with Gasteiger partial charge < -0.3 is 9.64 Å². The standard InChI is InChI=1S/C27H24ClN3O5S2/c1-15-2-8-18(9-3-15)31-24(33)21-20(16-4-6-17(28)7-5-16)23-26(37-22(21)25(31)34)30(27(35)38-23)14-19(32)29-10-12-36-13-11-29/h2-9,20-22H,10-14H2,1H3/t20-,21?,22?/m0/s1. The van der Waals surface area contributed by atoms with Gasteiger partial charge in [-0.2, -0.15) is 0 Å². The van der Waals surface area contributed by atoms with Crippen LogP contribution >= 0.6 is 34.7 Å². The van der Waals surface area contributed by atoms with Crippen molar-refractivity contribution in [2.75, 3.05) is 31.2 Å². The summed E-state index contributed by atoms with van der Waals surface area (Å²) in [6.45, 7) is 3.70. The number of thiazole rings is 1. The summed E-state index contributed by atoms with van der Waals surface area (Å²) in [6, 6.07) is 14.4. The summed E-state index contributed by atoms with van der Waals surface area (Å²) in [5.74, 6) is -1.99. The number of amides is 3. The minimum absolute atomic E-state index is 0.119. The highest BCUT2D eigenvalue weighted by Gasteiger charge is 2.56. The van der Waals surface area contributed by atoms with Crippen molar-refractivity contribution in [3.05, 3.63) is 79.2 Å². The SMILES string of the molecule is Cc1ccc(N2C(=O)C3Sc4c(sc(=O)n4CC(=O)N4CCOCC4)[C@@H](c4ccc(Cl)cc4)C3C2=O)cc1. The van der Waals surface area contributed by atoms with Gasteiger partial charge in [-0.3, -0.25) is 23.7 Å². The maximum absolute atomic E-state index is 13.9. The van der Waals surface area contributed by atoms with Crippen molar-refractivity contribution in [1.82, 2.24) is 9.47 Å². The van der Waals surface area contributed by atoms with Crippen LogP contribution in [0.3, 0.4) is 0 Å². The van der Waals surface area contributed by atoms with Crippen molar-refractivity contribution < 1.29 is 19.1 Å². The first-order valence-corrected chi connectivity index (χ1v) is 14.4. The van der Waals surface area contributed by atoms with E-state index in [4.69, 9.17) is 16.3 Å². The number of hydrogen-bond donors (Lipinski definition) is 0. The number of carbonyl (C=O) groups excluding carboxylic acids is 3. The van der Waals surface area contributed by atoms with Gasteiger partial charge in [-0.15, -0.1) is 0 Å². The quantitative estimate of drug-likeness (QED) is 0.447. The number of thioether (sulfide) groups is 1. The minimum atomic E-state index is -0.726. The number of aryl methyl sites for hydroxylation is 1. The van der Waals surface area contributed by atoms with Gasteiger partial charge in [-0.1, -0.05) is 64.5 Å². The van der Waals surface area contributed by atoms with Crippen LogP contribution in [-0.2, 0) is 25.7 Å². The second-order valence-electron chi connectivity index (χ2n) is 9.56. The highest BCUT2D eigenvalue weighted by Crippen LogP contribution is 2.53. The maximum Gasteiger partial charge on any atom is 0.308 e. The Bertz CT molecular complexity index is 1480. The van der Waals surface area contributed by atoms with Crippen LogP contribution in [0.4, 0.5) is 5.69 Å². The first-order valence-electron chi connectivity index (χ1n) is 12.3. The average molecular weight is 570 g/mol. The molecule has 0 radical (unpaired) electrons. The van der Waals surface area contributed by atoms with Crippen LogP contribution in [0, 0.1) is 12.8 Å². The number of fused-ring (bicyclic) bond motifs is 2. The Kier molecular flexibility index (Phi) is 6.67. The fraction of sp³-hybridized carbons (Fsp3) is 0.333. The van der Waals surface area contributed by atoms with Crippen molar-refractivity contribution in [2.24, 2.45) is 5.92 Å². The van der Waals surface area contributed by atoms with E-state index in [1.54, 1.807) is 29.2 Å². The number of ether oxygens (including phenoxy) is 1. The van der Waals surface area contributed by atoms with Gasteiger partial charge in [-0.25, -0.2) is 4.90 Å². The van der Waals surface area contributed by atoms with Crippen LogP contribution in [0.2, 0.25) is 5.02 Å². The molecule has 2 unspecified atom stereocenters. The predicted octanol–water partition coefficient (Wildman–Crippen LogP) is 3.53. The Morgan fingerprint density at radius 2 is 1.68 bits per heavy atom. The van der Waals surface area contributed by atoms with E-state index in [-0.39, 0.29) is 29.1 Å². The number of benzene rings is 2. The number of anilines is 1. The predicted molar refractivity (Wildman–Crippen MR) is 146 cm³/mol. The van der Waals surface area contributed by atoms with Crippen molar-refractivity contribution in [2.45, 2.75) is 29.7 Å². The van der Waals surface area contributed by atoms with Gasteiger partial charge in [0.05, 0.1) is 29.8 Å². The van der Waals surface area contributed by atoms with E-state index in [0.29, 0.717) is 46.9 Å². The second kappa shape index (κ2) is 10.00. The van der Waals surface area contributed by atoms with Crippen LogP contribution in [0.1, 0.15) is 21.9 Å². The molecule has 196 valence electrons. The second-order valence-corrected chi connectivity index (χ2v) is 12.1. The molecular formula is C27H24ClN3O5S2. The Morgan fingerprint density at radius 1 is 1.00 bits per heavy atom. The molecule has 38 heavy (non-hydrogen) atoms. The number of hydrogen-bond acceptors (Lipinski definition) is 7. The zero-order valence-corrected chi connectivity index (χ0v) is 22.9. The average Bonchev–Trinajstić information content (AvgIpc) is 3.36. The zero-order chi connectivity index (χ0) is 26.6. The number of rotatable bonds is 4. The number of morpholine rings is 1. The minimum Gasteiger partial charge on any atom is -0.378 e. The maximum atomic E-state index is 13.9. The van der Waals surface area contributed by atoms with E-state index in [1.807, 2.05) is 31.2 Å². The molecule has 2 fully saturated rings. The van der Waals surface area contributed by atoms with Crippen LogP contribution < -0.4 is 9.77 Å². The van der Waals surface area contributed by atoms with Gasteiger partial charge >= 0.3 is 4.87 Å². The Balaban J connectivity index is 1.43. The van der Waals surface area contributed by atoms with Crippen molar-refractivity contribution in [3.63, 3.8) is 0 Å². The monoisotopic (exact) mass is 569 g/mol. The van der Waals surface area contributed by atoms with E-state index in [0.717, 1.165) is 22.5 Å². The van der Waals surface area contributed by atoms with Crippen molar-refractivity contribution in [1.29, 1.82) is 0 Å². The molecular weight excluding hydrogens is 546 g/mol. The third-order valence-corrected chi connectivity index (χ3v) is 10.1. The molecule has 11 heteroatoms. The molecule has 1 aromatic heterocycles. The lowest BCUT2D eigenvalue weighted by Gasteiger charge is -2.31. The summed E-state index contributed by atoms with van der Waals surface area (Å²) in [6.07, 6.45) is 0. The Hall–Kier alpha value is -2.92. The van der Waals surface area contributed by atoms with Gasteiger partial charge in [0.25, 0.3) is 0 Å². The molecule has 4 heterocycles. The molecule has 8 nitrogen and oxygen atoms in total. The van der Waals surface area contributed by atoms with Crippen LogP contribution in [0.15, 0.2) is 58.4 Å². The molecule has 3 aromatic rings. The summed E-state index contributed by atoms with van der Waals surface area (Å²) in [5.41, 5.74) is 2.35. The number of carbonyl (C=O) groups is 3. The molecule has 3 atom stereocenters. The summed E-state index contributed by atoms with van der Waals surface area (Å²) in [5, 5.41) is 0.401. The van der Waals surface area contributed by atoms with Gasteiger partial charge in [0.1, 0.15) is 11.8 Å². The van der Waals surface area contributed by atoms with Gasteiger partial charge in [0, 0.05) is 28.9 Å². The van der Waals surface area contributed by atoms with Crippen molar-refractivity contribution >= 4 is 58.1 Å². The zero-order valence-electron chi connectivity index (χ0n) is 20.5. The first kappa shape index (κ1) is 25.4. The lowest BCUT2D eigenvalue weighted by atomic mass is 9.83. The van der Waals surface area contributed by atoms with E-state index in [1.165, 1.54) is 21.2 Å². The smallest absolute Gasteiger partial charge is 0.308 e. The van der Waals surface area contributed by atoms with Gasteiger partial charge in [0.2, 0.25) is 17.7 Å². The molecule has 3 amide bonds. The third kappa shape index (κ3) is 4.29. The van der Waals surface area contributed by atoms with Gasteiger partial charge in [-0.05, 0) is 36.8 Å². The number of halogens is 1. The highest BCUT2D eigenvalue weighted by molar-refractivity contribution is 8.00. The Morgan fingerprint density at radius 3 is 2.37 bits per heavy atom. The number of nitrogens with zero attached hydrogens (tertiary/aromatic N) is 3. The normalized spacial score (nSPS) is 22.9. The summed E-state index contributed by atoms with van der Waals surface area (Å²) < 4.78 is 6.81. The first-order chi connectivity index (χ1) is 18.3. The molecule has 0 aliphatic carbocycles. The Labute approximate surface area is 232 Å². The molecule has 3 aliphatic heterocycles. The van der Waals surface area contributed by atoms with E-state index < -0.39 is 17.1 Å². The fourth-order valence-corrected chi connectivity index (χ4v) is 8.18. The fourth-order valence-electron chi connectivity index (χ4n) is 5.28. The van der Waals surface area contributed by atoms with Crippen LogP contribution in [-0.4, -0.2) is 58.7 Å². The lowest BCUT2D eigenvalue weighted by Crippen LogP contribution is -2.43. The van der Waals surface area contributed by atoms with Crippen LogP contribution in [0.25, 0.3) is 0 Å². The highest BCUT2D eigenvalue weighted by atomic mass is 35.5.